The van der Waals surface area contributed by atoms with E-state index in [2.05, 4.69) is 25.2 Å². The van der Waals surface area contributed by atoms with Crippen molar-refractivity contribution in [2.24, 2.45) is 5.92 Å². The first-order valence-electron chi connectivity index (χ1n) is 10.4. The zero-order chi connectivity index (χ0) is 21.2. The highest BCUT2D eigenvalue weighted by Gasteiger charge is 2.20. The Labute approximate surface area is 173 Å². The van der Waals surface area contributed by atoms with Gasteiger partial charge >= 0.3 is 5.97 Å². The molecule has 1 aromatic rings. The number of methoxy groups -OCH3 is 1. The van der Waals surface area contributed by atoms with Crippen LogP contribution in [-0.2, 0) is 9.53 Å². The average Bonchev–Trinajstić information content (AvgIpc) is 2.72. The minimum Gasteiger partial charge on any atom is -0.493 e. The second-order valence-electron chi connectivity index (χ2n) is 7.77. The Balaban J connectivity index is 1.85. The number of esters is 1. The van der Waals surface area contributed by atoms with E-state index >= 15 is 0 Å². The molecule has 1 amide bonds. The van der Waals surface area contributed by atoms with Crippen LogP contribution in [0.3, 0.4) is 0 Å². The number of carbonyl (C=O) groups excluding carboxylic acids is 2. The summed E-state index contributed by atoms with van der Waals surface area (Å²) in [5.41, 5.74) is 1.71. The number of hydrogen-bond acceptors (Lipinski definition) is 5. The van der Waals surface area contributed by atoms with Gasteiger partial charge in [0.25, 0.3) is 5.91 Å². The van der Waals surface area contributed by atoms with Gasteiger partial charge in [-0.25, -0.2) is 4.79 Å². The van der Waals surface area contributed by atoms with Crippen molar-refractivity contribution >= 4 is 11.9 Å². The molecule has 0 aliphatic heterocycles. The van der Waals surface area contributed by atoms with Crippen LogP contribution in [-0.4, -0.2) is 38.2 Å². The van der Waals surface area contributed by atoms with Crippen molar-refractivity contribution in [1.82, 2.24) is 5.32 Å². The van der Waals surface area contributed by atoms with E-state index in [1.165, 1.54) is 25.5 Å². The van der Waals surface area contributed by atoms with Crippen LogP contribution < -0.4 is 14.8 Å². The third-order valence-corrected chi connectivity index (χ3v) is 4.75. The molecule has 0 saturated heterocycles. The molecule has 6 heteroatoms. The van der Waals surface area contributed by atoms with Gasteiger partial charge in [0.05, 0.1) is 19.3 Å². The van der Waals surface area contributed by atoms with E-state index in [4.69, 9.17) is 14.2 Å². The maximum absolute atomic E-state index is 12.4. The molecule has 0 saturated carbocycles. The summed E-state index contributed by atoms with van der Waals surface area (Å²) in [6, 6.07) is 4.86. The van der Waals surface area contributed by atoms with E-state index in [-0.39, 0.29) is 5.91 Å². The Kier molecular flexibility index (Phi) is 9.03. The summed E-state index contributed by atoms with van der Waals surface area (Å²) in [5, 5.41) is 2.84. The number of benzene rings is 1. The number of rotatable bonds is 10. The number of hydrogen-bond donors (Lipinski definition) is 1. The van der Waals surface area contributed by atoms with Crippen molar-refractivity contribution in [3.63, 3.8) is 0 Å². The van der Waals surface area contributed by atoms with Crippen LogP contribution in [0.25, 0.3) is 0 Å². The zero-order valence-corrected chi connectivity index (χ0v) is 18.0. The minimum atomic E-state index is -0.870. The molecular formula is C23H33NO5. The number of amides is 1. The van der Waals surface area contributed by atoms with Gasteiger partial charge in [-0.3, -0.25) is 4.79 Å². The molecule has 0 fully saturated rings. The van der Waals surface area contributed by atoms with Crippen molar-refractivity contribution in [3.8, 4) is 11.5 Å². The summed E-state index contributed by atoms with van der Waals surface area (Å²) in [5.74, 6) is 0.534. The van der Waals surface area contributed by atoms with Gasteiger partial charge in [0.2, 0.25) is 0 Å². The van der Waals surface area contributed by atoms with E-state index in [0.29, 0.717) is 36.1 Å². The van der Waals surface area contributed by atoms with Gasteiger partial charge in [-0.2, -0.15) is 0 Å². The van der Waals surface area contributed by atoms with Crippen molar-refractivity contribution in [2.45, 2.75) is 59.0 Å². The first-order chi connectivity index (χ1) is 13.9. The van der Waals surface area contributed by atoms with Crippen molar-refractivity contribution in [3.05, 3.63) is 35.4 Å². The monoisotopic (exact) mass is 403 g/mol. The Hall–Kier alpha value is -2.50. The Morgan fingerprint density at radius 1 is 1.14 bits per heavy atom. The largest absolute Gasteiger partial charge is 0.493 e. The van der Waals surface area contributed by atoms with Crippen LogP contribution in [0.15, 0.2) is 29.8 Å². The molecule has 160 valence electrons. The lowest BCUT2D eigenvalue weighted by Crippen LogP contribution is -2.36. The second kappa shape index (κ2) is 11.5. The molecule has 0 spiro atoms. The van der Waals surface area contributed by atoms with Gasteiger partial charge in [-0.1, -0.05) is 25.5 Å². The highest BCUT2D eigenvalue weighted by Crippen LogP contribution is 2.29. The van der Waals surface area contributed by atoms with Crippen LogP contribution in [0.1, 0.15) is 63.2 Å². The summed E-state index contributed by atoms with van der Waals surface area (Å²) in [4.78, 5) is 24.6. The summed E-state index contributed by atoms with van der Waals surface area (Å²) >= 11 is 0. The normalized spacial score (nSPS) is 14.7. The lowest BCUT2D eigenvalue weighted by Gasteiger charge is -2.16. The SMILES string of the molecule is COc1cc(C(=O)O[C@H](C)C(=O)NCCC2=CCCCC2)ccc1OCC(C)C. The smallest absolute Gasteiger partial charge is 0.339 e. The highest BCUT2D eigenvalue weighted by atomic mass is 16.5. The molecule has 1 atom stereocenters. The highest BCUT2D eigenvalue weighted by molar-refractivity contribution is 5.92. The van der Waals surface area contributed by atoms with Gasteiger partial charge in [0.15, 0.2) is 17.6 Å². The molecule has 2 rings (SSSR count). The van der Waals surface area contributed by atoms with Gasteiger partial charge in [-0.15, -0.1) is 0 Å². The third kappa shape index (κ3) is 7.44. The predicted molar refractivity (Wildman–Crippen MR) is 112 cm³/mol. The lowest BCUT2D eigenvalue weighted by molar-refractivity contribution is -0.129. The van der Waals surface area contributed by atoms with E-state index < -0.39 is 12.1 Å². The molecule has 1 aliphatic carbocycles. The third-order valence-electron chi connectivity index (χ3n) is 4.75. The number of ether oxygens (including phenoxy) is 3. The molecular weight excluding hydrogens is 370 g/mol. The molecule has 0 heterocycles. The van der Waals surface area contributed by atoms with E-state index in [1.807, 2.05) is 0 Å². The maximum atomic E-state index is 12.4. The summed E-state index contributed by atoms with van der Waals surface area (Å²) in [7, 11) is 1.52. The van der Waals surface area contributed by atoms with Crippen LogP contribution in [0.5, 0.6) is 11.5 Å². The minimum absolute atomic E-state index is 0.293. The number of nitrogens with one attached hydrogen (secondary N) is 1. The fourth-order valence-electron chi connectivity index (χ4n) is 3.07. The molecule has 0 bridgehead atoms. The first kappa shape index (κ1) is 22.8. The van der Waals surface area contributed by atoms with E-state index in [9.17, 15) is 9.59 Å². The molecule has 29 heavy (non-hydrogen) atoms. The van der Waals surface area contributed by atoms with Gasteiger partial charge in [0, 0.05) is 6.54 Å². The Bertz CT molecular complexity index is 726. The fraction of sp³-hybridized carbons (Fsp3) is 0.565. The molecule has 1 aromatic carbocycles. The van der Waals surface area contributed by atoms with Gasteiger partial charge < -0.3 is 19.5 Å². The standard InChI is InChI=1S/C23H33NO5/c1-16(2)15-28-20-11-10-19(14-21(20)27-4)23(26)29-17(3)22(25)24-13-12-18-8-6-5-7-9-18/h8,10-11,14,16-17H,5-7,9,12-13,15H2,1-4H3,(H,24,25)/t17-/m1/s1. The van der Waals surface area contributed by atoms with E-state index in [1.54, 1.807) is 25.1 Å². The fourth-order valence-corrected chi connectivity index (χ4v) is 3.07. The summed E-state index contributed by atoms with van der Waals surface area (Å²) < 4.78 is 16.3. The summed E-state index contributed by atoms with van der Waals surface area (Å²) in [6.45, 7) is 6.79. The van der Waals surface area contributed by atoms with Crippen LogP contribution in [0.4, 0.5) is 0 Å². The summed E-state index contributed by atoms with van der Waals surface area (Å²) in [6.07, 6.45) is 6.95. The quantitative estimate of drug-likeness (QED) is 0.466. The molecule has 0 unspecified atom stereocenters. The lowest BCUT2D eigenvalue weighted by atomic mass is 9.97. The van der Waals surface area contributed by atoms with Crippen LogP contribution >= 0.6 is 0 Å². The first-order valence-corrected chi connectivity index (χ1v) is 10.4. The van der Waals surface area contributed by atoms with Gasteiger partial charge in [0.1, 0.15) is 0 Å². The van der Waals surface area contributed by atoms with Crippen molar-refractivity contribution < 1.29 is 23.8 Å². The number of allylic oxidation sites excluding steroid dienone is 1. The molecule has 1 N–H and O–H groups in total. The van der Waals surface area contributed by atoms with Crippen LogP contribution in [0.2, 0.25) is 0 Å². The predicted octanol–water partition coefficient (Wildman–Crippen LogP) is 4.28. The number of carbonyl (C=O) groups is 2. The average molecular weight is 404 g/mol. The van der Waals surface area contributed by atoms with E-state index in [0.717, 1.165) is 19.3 Å². The molecule has 0 aromatic heterocycles. The topological polar surface area (TPSA) is 73.9 Å². The van der Waals surface area contributed by atoms with Gasteiger partial charge in [-0.05, 0) is 63.1 Å². The molecule has 0 radical (unpaired) electrons. The van der Waals surface area contributed by atoms with Crippen LogP contribution in [0, 0.1) is 5.92 Å². The molecule has 1 aliphatic rings. The Morgan fingerprint density at radius 3 is 2.59 bits per heavy atom. The Morgan fingerprint density at radius 2 is 1.93 bits per heavy atom. The zero-order valence-electron chi connectivity index (χ0n) is 18.0. The van der Waals surface area contributed by atoms with Crippen molar-refractivity contribution in [2.75, 3.05) is 20.3 Å². The second-order valence-corrected chi connectivity index (χ2v) is 7.77. The molecule has 6 nitrogen and oxygen atoms in total. The maximum Gasteiger partial charge on any atom is 0.339 e. The van der Waals surface area contributed by atoms with Crippen molar-refractivity contribution in [1.29, 1.82) is 0 Å².